The molecule has 0 fully saturated rings. The SMILES string of the molecule is CCOC(=O)c1nn(-c2ccccc2)cc1/C=C/C(=O)c1ccc(Cl)s1. The minimum atomic E-state index is -0.534. The third-order valence-electron chi connectivity index (χ3n) is 3.46. The molecule has 26 heavy (non-hydrogen) atoms. The number of thiophene rings is 1. The molecule has 0 saturated heterocycles. The number of aromatic nitrogens is 2. The Hall–Kier alpha value is -2.70. The number of esters is 1. The monoisotopic (exact) mass is 386 g/mol. The van der Waals surface area contributed by atoms with Crippen molar-refractivity contribution >= 4 is 40.8 Å². The molecular formula is C19H15ClN2O3S. The van der Waals surface area contributed by atoms with Crippen molar-refractivity contribution < 1.29 is 14.3 Å². The summed E-state index contributed by atoms with van der Waals surface area (Å²) in [5.74, 6) is -0.724. The van der Waals surface area contributed by atoms with Crippen molar-refractivity contribution in [3.8, 4) is 5.69 Å². The van der Waals surface area contributed by atoms with Crippen molar-refractivity contribution in [3.63, 3.8) is 0 Å². The number of ketones is 1. The normalized spacial score (nSPS) is 11.0. The molecule has 2 aromatic heterocycles. The van der Waals surface area contributed by atoms with Crippen LogP contribution in [0.25, 0.3) is 11.8 Å². The second-order valence-electron chi connectivity index (χ2n) is 5.23. The number of carbonyl (C=O) groups is 2. The van der Waals surface area contributed by atoms with E-state index >= 15 is 0 Å². The fourth-order valence-electron chi connectivity index (χ4n) is 2.27. The van der Waals surface area contributed by atoms with Gasteiger partial charge in [0.25, 0.3) is 0 Å². The summed E-state index contributed by atoms with van der Waals surface area (Å²) in [6.45, 7) is 1.97. The van der Waals surface area contributed by atoms with Crippen molar-refractivity contribution in [1.82, 2.24) is 9.78 Å². The van der Waals surface area contributed by atoms with Crippen LogP contribution >= 0.6 is 22.9 Å². The number of allylic oxidation sites excluding steroid dienone is 1. The molecule has 132 valence electrons. The van der Waals surface area contributed by atoms with Crippen LogP contribution in [0, 0.1) is 0 Å². The fourth-order valence-corrected chi connectivity index (χ4v) is 3.24. The predicted molar refractivity (Wildman–Crippen MR) is 102 cm³/mol. The Morgan fingerprint density at radius 2 is 2.00 bits per heavy atom. The van der Waals surface area contributed by atoms with E-state index in [0.29, 0.717) is 14.8 Å². The highest BCUT2D eigenvalue weighted by Crippen LogP contribution is 2.22. The van der Waals surface area contributed by atoms with Gasteiger partial charge in [-0.15, -0.1) is 11.3 Å². The van der Waals surface area contributed by atoms with Gasteiger partial charge in [-0.1, -0.05) is 29.8 Å². The van der Waals surface area contributed by atoms with E-state index < -0.39 is 5.97 Å². The van der Waals surface area contributed by atoms with Crippen LogP contribution in [0.3, 0.4) is 0 Å². The van der Waals surface area contributed by atoms with E-state index in [1.54, 1.807) is 36.0 Å². The average Bonchev–Trinajstić information content (AvgIpc) is 3.27. The first-order valence-electron chi connectivity index (χ1n) is 7.88. The maximum Gasteiger partial charge on any atom is 0.359 e. The first-order chi connectivity index (χ1) is 12.6. The van der Waals surface area contributed by atoms with Crippen LogP contribution in [0.15, 0.2) is 54.7 Å². The van der Waals surface area contributed by atoms with Gasteiger partial charge in [-0.2, -0.15) is 5.10 Å². The Labute approximate surface area is 159 Å². The molecule has 2 heterocycles. The number of para-hydroxylation sites is 1. The molecule has 0 aliphatic heterocycles. The molecule has 5 nitrogen and oxygen atoms in total. The van der Waals surface area contributed by atoms with E-state index in [2.05, 4.69) is 5.10 Å². The number of ether oxygens (including phenoxy) is 1. The lowest BCUT2D eigenvalue weighted by atomic mass is 10.2. The van der Waals surface area contributed by atoms with Crippen molar-refractivity contribution in [2.24, 2.45) is 0 Å². The molecule has 0 atom stereocenters. The van der Waals surface area contributed by atoms with Crippen molar-refractivity contribution in [1.29, 1.82) is 0 Å². The summed E-state index contributed by atoms with van der Waals surface area (Å²) < 4.78 is 7.19. The molecule has 0 saturated carbocycles. The van der Waals surface area contributed by atoms with Gasteiger partial charge >= 0.3 is 5.97 Å². The van der Waals surface area contributed by atoms with Gasteiger partial charge in [0.05, 0.1) is 21.5 Å². The quantitative estimate of drug-likeness (QED) is 0.351. The maximum absolute atomic E-state index is 12.2. The second kappa shape index (κ2) is 8.12. The van der Waals surface area contributed by atoms with Crippen LogP contribution in [0.5, 0.6) is 0 Å². The van der Waals surface area contributed by atoms with E-state index in [0.717, 1.165) is 5.69 Å². The summed E-state index contributed by atoms with van der Waals surface area (Å²) in [5.41, 5.74) is 1.46. The van der Waals surface area contributed by atoms with E-state index in [4.69, 9.17) is 16.3 Å². The Morgan fingerprint density at radius 1 is 1.23 bits per heavy atom. The van der Waals surface area contributed by atoms with Gasteiger partial charge in [0.2, 0.25) is 0 Å². The molecule has 0 amide bonds. The molecule has 0 aliphatic rings. The van der Waals surface area contributed by atoms with Crippen molar-refractivity contribution in [3.05, 3.63) is 75.2 Å². The number of hydrogen-bond donors (Lipinski definition) is 0. The fraction of sp³-hybridized carbons (Fsp3) is 0.105. The highest BCUT2D eigenvalue weighted by atomic mass is 35.5. The first kappa shape index (κ1) is 18.1. The Kier molecular flexibility index (Phi) is 5.65. The summed E-state index contributed by atoms with van der Waals surface area (Å²) in [4.78, 5) is 25.0. The van der Waals surface area contributed by atoms with Gasteiger partial charge in [-0.3, -0.25) is 4.79 Å². The molecule has 0 aliphatic carbocycles. The summed E-state index contributed by atoms with van der Waals surface area (Å²) in [6.07, 6.45) is 4.65. The highest BCUT2D eigenvalue weighted by Gasteiger charge is 2.17. The van der Waals surface area contributed by atoms with Crippen LogP contribution in [-0.2, 0) is 4.74 Å². The molecule has 3 rings (SSSR count). The molecule has 0 spiro atoms. The van der Waals surface area contributed by atoms with Crippen LogP contribution in [0.4, 0.5) is 0 Å². The van der Waals surface area contributed by atoms with Crippen LogP contribution < -0.4 is 0 Å². The highest BCUT2D eigenvalue weighted by molar-refractivity contribution is 7.18. The van der Waals surface area contributed by atoms with E-state index in [-0.39, 0.29) is 18.1 Å². The summed E-state index contributed by atoms with van der Waals surface area (Å²) in [7, 11) is 0. The smallest absolute Gasteiger partial charge is 0.359 e. The van der Waals surface area contributed by atoms with Crippen LogP contribution in [0.2, 0.25) is 4.34 Å². The van der Waals surface area contributed by atoms with Gasteiger partial charge in [-0.25, -0.2) is 9.48 Å². The third-order valence-corrected chi connectivity index (χ3v) is 4.71. The summed E-state index contributed by atoms with van der Waals surface area (Å²) in [6, 6.07) is 12.7. The van der Waals surface area contributed by atoms with Crippen molar-refractivity contribution in [2.45, 2.75) is 6.92 Å². The molecule has 3 aromatic rings. The van der Waals surface area contributed by atoms with Crippen LogP contribution in [-0.4, -0.2) is 28.1 Å². The lowest BCUT2D eigenvalue weighted by Gasteiger charge is -2.00. The average molecular weight is 387 g/mol. The van der Waals surface area contributed by atoms with E-state index in [1.165, 1.54) is 17.4 Å². The second-order valence-corrected chi connectivity index (χ2v) is 6.95. The molecule has 0 N–H and O–H groups in total. The third kappa shape index (κ3) is 4.09. The van der Waals surface area contributed by atoms with E-state index in [9.17, 15) is 9.59 Å². The zero-order chi connectivity index (χ0) is 18.5. The molecule has 1 aromatic carbocycles. The lowest BCUT2D eigenvalue weighted by Crippen LogP contribution is -2.08. The Balaban J connectivity index is 1.93. The summed E-state index contributed by atoms with van der Waals surface area (Å²) >= 11 is 7.07. The Bertz CT molecular complexity index is 960. The zero-order valence-electron chi connectivity index (χ0n) is 13.9. The number of benzene rings is 1. The minimum Gasteiger partial charge on any atom is -0.461 e. The topological polar surface area (TPSA) is 61.2 Å². The molecule has 0 radical (unpaired) electrons. The lowest BCUT2D eigenvalue weighted by molar-refractivity contribution is 0.0518. The molecule has 0 bridgehead atoms. The number of rotatable bonds is 6. The molecule has 7 heteroatoms. The molecular weight excluding hydrogens is 372 g/mol. The number of halogens is 1. The van der Waals surface area contributed by atoms with Gasteiger partial charge < -0.3 is 4.74 Å². The van der Waals surface area contributed by atoms with Crippen LogP contribution in [0.1, 0.15) is 32.6 Å². The van der Waals surface area contributed by atoms with Gasteiger partial charge in [-0.05, 0) is 43.3 Å². The van der Waals surface area contributed by atoms with E-state index in [1.807, 2.05) is 30.3 Å². The number of carbonyl (C=O) groups excluding carboxylic acids is 2. The standard InChI is InChI=1S/C19H15ClN2O3S/c1-2-25-19(24)18-13(8-9-15(23)16-10-11-17(20)26-16)12-22(21-18)14-6-4-3-5-7-14/h3-12H,2H2,1H3/b9-8+. The number of nitrogens with zero attached hydrogens (tertiary/aromatic N) is 2. The zero-order valence-corrected chi connectivity index (χ0v) is 15.5. The Morgan fingerprint density at radius 3 is 2.65 bits per heavy atom. The van der Waals surface area contributed by atoms with Gasteiger partial charge in [0, 0.05) is 11.8 Å². The van der Waals surface area contributed by atoms with Gasteiger partial charge in [0.1, 0.15) is 0 Å². The summed E-state index contributed by atoms with van der Waals surface area (Å²) in [5, 5.41) is 4.31. The maximum atomic E-state index is 12.2. The largest absolute Gasteiger partial charge is 0.461 e. The van der Waals surface area contributed by atoms with Crippen molar-refractivity contribution in [2.75, 3.05) is 6.61 Å². The minimum absolute atomic E-state index is 0.156. The molecule has 0 unspecified atom stereocenters. The first-order valence-corrected chi connectivity index (χ1v) is 9.08. The predicted octanol–water partition coefficient (Wildman–Crippen LogP) is 4.66. The van der Waals surface area contributed by atoms with Gasteiger partial charge in [0.15, 0.2) is 11.5 Å². The number of hydrogen-bond acceptors (Lipinski definition) is 5.